The Morgan fingerprint density at radius 1 is 1.62 bits per heavy atom. The second-order valence-electron chi connectivity index (χ2n) is 4.07. The van der Waals surface area contributed by atoms with E-state index in [1.54, 1.807) is 11.3 Å². The van der Waals surface area contributed by atoms with Crippen LogP contribution in [-0.2, 0) is 16.0 Å². The van der Waals surface area contributed by atoms with Gasteiger partial charge in [-0.1, -0.05) is 0 Å². The van der Waals surface area contributed by atoms with Crippen LogP contribution in [0.25, 0.3) is 0 Å². The van der Waals surface area contributed by atoms with Crippen LogP contribution in [-0.4, -0.2) is 25.2 Å². The molecule has 1 atom stereocenters. The summed E-state index contributed by atoms with van der Waals surface area (Å²) in [4.78, 5) is 11.5. The van der Waals surface area contributed by atoms with Gasteiger partial charge in [-0.15, -0.1) is 0 Å². The summed E-state index contributed by atoms with van der Waals surface area (Å²) in [5.74, 6) is 0.127. The van der Waals surface area contributed by atoms with Crippen LogP contribution in [0.15, 0.2) is 16.8 Å². The van der Waals surface area contributed by atoms with Crippen LogP contribution in [0.5, 0.6) is 0 Å². The molecule has 88 valence electrons. The number of hydrogen-bond donors (Lipinski definition) is 1. The van der Waals surface area contributed by atoms with Crippen LogP contribution < -0.4 is 5.32 Å². The molecule has 1 aliphatic rings. The molecule has 2 rings (SSSR count). The summed E-state index contributed by atoms with van der Waals surface area (Å²) < 4.78 is 5.44. The van der Waals surface area contributed by atoms with E-state index < -0.39 is 0 Å². The number of rotatable bonds is 5. The second-order valence-corrected chi connectivity index (χ2v) is 4.85. The largest absolute Gasteiger partial charge is 0.376 e. The molecule has 1 aromatic heterocycles. The lowest BCUT2D eigenvalue weighted by atomic mass is 10.2. The van der Waals surface area contributed by atoms with Crippen molar-refractivity contribution in [2.24, 2.45) is 0 Å². The van der Waals surface area contributed by atoms with Gasteiger partial charge in [0.05, 0.1) is 6.10 Å². The Bertz CT molecular complexity index is 318. The van der Waals surface area contributed by atoms with E-state index in [0.717, 1.165) is 25.9 Å². The van der Waals surface area contributed by atoms with Crippen molar-refractivity contribution in [3.8, 4) is 0 Å². The molecule has 0 aliphatic carbocycles. The molecule has 0 saturated carbocycles. The van der Waals surface area contributed by atoms with Crippen molar-refractivity contribution in [1.29, 1.82) is 0 Å². The summed E-state index contributed by atoms with van der Waals surface area (Å²) in [5, 5.41) is 7.06. The Morgan fingerprint density at radius 3 is 3.25 bits per heavy atom. The molecule has 0 aromatic carbocycles. The van der Waals surface area contributed by atoms with Crippen LogP contribution >= 0.6 is 11.3 Å². The van der Waals surface area contributed by atoms with E-state index in [4.69, 9.17) is 4.74 Å². The van der Waals surface area contributed by atoms with Gasteiger partial charge in [-0.25, -0.2) is 0 Å². The summed E-state index contributed by atoms with van der Waals surface area (Å²) in [6.45, 7) is 1.51. The Hall–Kier alpha value is -0.870. The monoisotopic (exact) mass is 239 g/mol. The first-order valence-corrected chi connectivity index (χ1v) is 6.68. The molecule has 16 heavy (non-hydrogen) atoms. The molecule has 0 radical (unpaired) electrons. The molecule has 4 heteroatoms. The van der Waals surface area contributed by atoms with Crippen molar-refractivity contribution in [2.45, 2.75) is 31.8 Å². The van der Waals surface area contributed by atoms with Gasteiger partial charge in [0, 0.05) is 19.6 Å². The third-order valence-electron chi connectivity index (χ3n) is 2.77. The standard InChI is InChI=1S/C12H17NO2S/c14-12(4-3-10-5-7-16-9-10)13-8-11-2-1-6-15-11/h5,7,9,11H,1-4,6,8H2,(H,13,14)/t11-/m0/s1. The summed E-state index contributed by atoms with van der Waals surface area (Å²) in [6, 6.07) is 2.07. The van der Waals surface area contributed by atoms with Crippen LogP contribution in [0, 0.1) is 0 Å². The SMILES string of the molecule is O=C(CCc1ccsc1)NC[C@@H]1CCCO1. The molecule has 0 spiro atoms. The molecule has 1 aromatic rings. The fourth-order valence-electron chi connectivity index (χ4n) is 1.81. The number of amides is 1. The first kappa shape index (κ1) is 11.6. The Morgan fingerprint density at radius 2 is 2.56 bits per heavy atom. The van der Waals surface area contributed by atoms with E-state index in [9.17, 15) is 4.79 Å². The highest BCUT2D eigenvalue weighted by Crippen LogP contribution is 2.11. The molecular weight excluding hydrogens is 222 g/mol. The fourth-order valence-corrected chi connectivity index (χ4v) is 2.52. The summed E-state index contributed by atoms with van der Waals surface area (Å²) in [5.41, 5.74) is 1.25. The lowest BCUT2D eigenvalue weighted by Crippen LogP contribution is -2.31. The molecule has 1 aliphatic heterocycles. The predicted octanol–water partition coefficient (Wildman–Crippen LogP) is 1.98. The van der Waals surface area contributed by atoms with E-state index in [2.05, 4.69) is 16.8 Å². The minimum Gasteiger partial charge on any atom is -0.376 e. The number of carbonyl (C=O) groups excluding carboxylic acids is 1. The van der Waals surface area contributed by atoms with Crippen molar-refractivity contribution in [2.75, 3.05) is 13.2 Å². The molecule has 0 unspecified atom stereocenters. The molecule has 1 saturated heterocycles. The summed E-state index contributed by atoms with van der Waals surface area (Å²) >= 11 is 1.67. The summed E-state index contributed by atoms with van der Waals surface area (Å²) in [6.07, 6.45) is 3.84. The van der Waals surface area contributed by atoms with Crippen LogP contribution in [0.2, 0.25) is 0 Å². The minimum atomic E-state index is 0.127. The van der Waals surface area contributed by atoms with Crippen LogP contribution in [0.3, 0.4) is 0 Å². The number of thiophene rings is 1. The molecule has 1 amide bonds. The average molecular weight is 239 g/mol. The first-order valence-electron chi connectivity index (χ1n) is 5.74. The highest BCUT2D eigenvalue weighted by molar-refractivity contribution is 7.07. The molecule has 1 N–H and O–H groups in total. The van der Waals surface area contributed by atoms with Gasteiger partial charge in [-0.05, 0) is 41.7 Å². The Labute approximate surface area is 99.8 Å². The highest BCUT2D eigenvalue weighted by Gasteiger charge is 2.15. The van der Waals surface area contributed by atoms with Gasteiger partial charge >= 0.3 is 0 Å². The fraction of sp³-hybridized carbons (Fsp3) is 0.583. The van der Waals surface area contributed by atoms with Gasteiger partial charge in [0.2, 0.25) is 5.91 Å². The quantitative estimate of drug-likeness (QED) is 0.853. The van der Waals surface area contributed by atoms with Crippen LogP contribution in [0.1, 0.15) is 24.8 Å². The lowest BCUT2D eigenvalue weighted by molar-refractivity contribution is -0.121. The lowest BCUT2D eigenvalue weighted by Gasteiger charge is -2.10. The predicted molar refractivity (Wildman–Crippen MR) is 64.6 cm³/mol. The zero-order valence-electron chi connectivity index (χ0n) is 9.28. The number of ether oxygens (including phenoxy) is 1. The molecule has 1 fully saturated rings. The zero-order chi connectivity index (χ0) is 11.2. The summed E-state index contributed by atoms with van der Waals surface area (Å²) in [7, 11) is 0. The van der Waals surface area contributed by atoms with Crippen molar-refractivity contribution in [3.05, 3.63) is 22.4 Å². The Balaban J connectivity index is 1.60. The Kier molecular flexibility index (Phi) is 4.36. The van der Waals surface area contributed by atoms with Gasteiger partial charge in [0.1, 0.15) is 0 Å². The molecule has 0 bridgehead atoms. The van der Waals surface area contributed by atoms with Crippen LogP contribution in [0.4, 0.5) is 0 Å². The van der Waals surface area contributed by atoms with E-state index in [-0.39, 0.29) is 12.0 Å². The van der Waals surface area contributed by atoms with Gasteiger partial charge in [0.15, 0.2) is 0 Å². The van der Waals surface area contributed by atoms with Gasteiger partial charge in [-0.2, -0.15) is 11.3 Å². The van der Waals surface area contributed by atoms with E-state index in [0.29, 0.717) is 13.0 Å². The third-order valence-corrected chi connectivity index (χ3v) is 3.50. The topological polar surface area (TPSA) is 38.3 Å². The average Bonchev–Trinajstić information content (AvgIpc) is 2.96. The van der Waals surface area contributed by atoms with E-state index in [1.807, 2.05) is 5.38 Å². The number of hydrogen-bond acceptors (Lipinski definition) is 3. The number of aryl methyl sites for hydroxylation is 1. The molecule has 2 heterocycles. The maximum atomic E-state index is 11.5. The first-order chi connectivity index (χ1) is 7.84. The molecular formula is C12H17NO2S. The van der Waals surface area contributed by atoms with Crippen molar-refractivity contribution >= 4 is 17.2 Å². The maximum Gasteiger partial charge on any atom is 0.220 e. The highest BCUT2D eigenvalue weighted by atomic mass is 32.1. The third kappa shape index (κ3) is 3.61. The number of nitrogens with one attached hydrogen (secondary N) is 1. The number of carbonyl (C=O) groups is 1. The maximum absolute atomic E-state index is 11.5. The van der Waals surface area contributed by atoms with Gasteiger partial charge in [0.25, 0.3) is 0 Å². The van der Waals surface area contributed by atoms with E-state index >= 15 is 0 Å². The van der Waals surface area contributed by atoms with E-state index in [1.165, 1.54) is 5.56 Å². The molecule has 3 nitrogen and oxygen atoms in total. The van der Waals surface area contributed by atoms with Crippen molar-refractivity contribution < 1.29 is 9.53 Å². The van der Waals surface area contributed by atoms with Gasteiger partial charge < -0.3 is 10.1 Å². The smallest absolute Gasteiger partial charge is 0.220 e. The minimum absolute atomic E-state index is 0.127. The van der Waals surface area contributed by atoms with Gasteiger partial charge in [-0.3, -0.25) is 4.79 Å². The van der Waals surface area contributed by atoms with Crippen molar-refractivity contribution in [1.82, 2.24) is 5.32 Å². The normalized spacial score (nSPS) is 19.9. The second kappa shape index (κ2) is 6.01. The zero-order valence-corrected chi connectivity index (χ0v) is 10.1. The van der Waals surface area contributed by atoms with Crippen molar-refractivity contribution in [3.63, 3.8) is 0 Å².